The molecule has 0 aromatic carbocycles. The minimum atomic E-state index is -0.801. The lowest BCUT2D eigenvalue weighted by Gasteiger charge is -2.16. The van der Waals surface area contributed by atoms with Crippen LogP contribution in [0.1, 0.15) is 64.7 Å². The highest BCUT2D eigenvalue weighted by molar-refractivity contribution is 5.84. The number of hydrogen-bond donors (Lipinski definition) is 3. The molecule has 4 atom stereocenters. The van der Waals surface area contributed by atoms with Gasteiger partial charge >= 0.3 is 5.97 Å². The standard InChI is InChI=1S/C20H32O5/c1-2-3-6-9-15(21)12-13-17-16(18(22)14-19(17)23)10-7-4-5-8-11-20(24)25/h4,7,12-13,15-17,19,21,23H,2-3,5-6,8-11,14H2,1H3,(H,24,25)/b7-4-,13-12+/t15-,16-,17+,19-/m0/s1. The summed E-state index contributed by atoms with van der Waals surface area (Å²) in [6.07, 6.45) is 12.1. The lowest BCUT2D eigenvalue weighted by molar-refractivity contribution is -0.137. The Kier molecular flexibility index (Phi) is 10.3. The second kappa shape index (κ2) is 12.0. The molecule has 0 unspecified atom stereocenters. The number of allylic oxidation sites excluding steroid dienone is 2. The van der Waals surface area contributed by atoms with Crippen LogP contribution in [0.2, 0.25) is 0 Å². The fourth-order valence-corrected chi connectivity index (χ4v) is 3.22. The molecule has 0 aromatic heterocycles. The molecule has 5 heteroatoms. The summed E-state index contributed by atoms with van der Waals surface area (Å²) in [5.41, 5.74) is 0. The van der Waals surface area contributed by atoms with Gasteiger partial charge < -0.3 is 15.3 Å². The van der Waals surface area contributed by atoms with Crippen LogP contribution in [0.3, 0.4) is 0 Å². The zero-order valence-electron chi connectivity index (χ0n) is 15.1. The van der Waals surface area contributed by atoms with E-state index in [2.05, 4.69) is 6.92 Å². The normalized spacial score (nSPS) is 25.2. The average Bonchev–Trinajstić information content (AvgIpc) is 2.82. The summed E-state index contributed by atoms with van der Waals surface area (Å²) in [6.45, 7) is 2.11. The molecule has 0 heterocycles. The molecule has 142 valence electrons. The van der Waals surface area contributed by atoms with Gasteiger partial charge in [-0.25, -0.2) is 0 Å². The summed E-state index contributed by atoms with van der Waals surface area (Å²) in [5, 5.41) is 28.7. The van der Waals surface area contributed by atoms with Crippen molar-refractivity contribution in [3.63, 3.8) is 0 Å². The van der Waals surface area contributed by atoms with E-state index in [1.807, 2.05) is 12.2 Å². The number of aliphatic carboxylic acids is 1. The maximum absolute atomic E-state index is 12.1. The van der Waals surface area contributed by atoms with Gasteiger partial charge in [-0.2, -0.15) is 0 Å². The number of Topliss-reactive ketones (excluding diaryl/α,β-unsaturated/α-hetero) is 1. The second-order valence-electron chi connectivity index (χ2n) is 6.86. The predicted molar refractivity (Wildman–Crippen MR) is 97.1 cm³/mol. The van der Waals surface area contributed by atoms with E-state index in [1.54, 1.807) is 12.2 Å². The molecular formula is C20H32O5. The van der Waals surface area contributed by atoms with Gasteiger partial charge in [0.05, 0.1) is 12.2 Å². The van der Waals surface area contributed by atoms with Gasteiger partial charge in [-0.05, 0) is 25.7 Å². The summed E-state index contributed by atoms with van der Waals surface area (Å²) in [6, 6.07) is 0. The van der Waals surface area contributed by atoms with Gasteiger partial charge in [0.15, 0.2) is 0 Å². The molecule has 0 radical (unpaired) electrons. The number of aliphatic hydroxyl groups is 2. The van der Waals surface area contributed by atoms with Crippen molar-refractivity contribution in [2.75, 3.05) is 0 Å². The first-order valence-electron chi connectivity index (χ1n) is 9.39. The van der Waals surface area contributed by atoms with E-state index in [0.717, 1.165) is 19.3 Å². The minimum absolute atomic E-state index is 0.0535. The lowest BCUT2D eigenvalue weighted by Crippen LogP contribution is -2.18. The highest BCUT2D eigenvalue weighted by Gasteiger charge is 2.39. The molecule has 0 bridgehead atoms. The first-order valence-corrected chi connectivity index (χ1v) is 9.39. The van der Waals surface area contributed by atoms with Crippen molar-refractivity contribution in [2.45, 2.75) is 76.9 Å². The van der Waals surface area contributed by atoms with Crippen molar-refractivity contribution >= 4 is 11.8 Å². The molecule has 0 saturated heterocycles. The third-order valence-electron chi connectivity index (χ3n) is 4.71. The Balaban J connectivity index is 2.48. The molecule has 5 nitrogen and oxygen atoms in total. The largest absolute Gasteiger partial charge is 0.481 e. The van der Waals surface area contributed by atoms with Crippen molar-refractivity contribution in [3.8, 4) is 0 Å². The number of carbonyl (C=O) groups is 2. The number of carbonyl (C=O) groups excluding carboxylic acids is 1. The summed E-state index contributed by atoms with van der Waals surface area (Å²) < 4.78 is 0. The molecule has 1 saturated carbocycles. The SMILES string of the molecule is CCCCC[C@H](O)/C=C/[C@@H]1[C@H](C/C=C\CCCC(=O)O)C(=O)C[C@@H]1O. The van der Waals surface area contributed by atoms with Crippen molar-refractivity contribution in [2.24, 2.45) is 11.8 Å². The molecule has 0 spiro atoms. The van der Waals surface area contributed by atoms with Gasteiger partial charge in [0, 0.05) is 24.7 Å². The maximum Gasteiger partial charge on any atom is 0.303 e. The van der Waals surface area contributed by atoms with Crippen LogP contribution in [0.5, 0.6) is 0 Å². The number of carboxylic acid groups (broad SMARTS) is 1. The molecule has 0 aliphatic heterocycles. The zero-order chi connectivity index (χ0) is 18.7. The molecule has 0 amide bonds. The smallest absolute Gasteiger partial charge is 0.303 e. The van der Waals surface area contributed by atoms with E-state index in [1.165, 1.54) is 0 Å². The molecule has 1 rings (SSSR count). The predicted octanol–water partition coefficient (Wildman–Crippen LogP) is 3.25. The molecule has 1 aliphatic rings. The Morgan fingerprint density at radius 1 is 1.28 bits per heavy atom. The third-order valence-corrected chi connectivity index (χ3v) is 4.71. The van der Waals surface area contributed by atoms with Crippen LogP contribution in [0.25, 0.3) is 0 Å². The monoisotopic (exact) mass is 352 g/mol. The van der Waals surface area contributed by atoms with Crippen molar-refractivity contribution < 1.29 is 24.9 Å². The number of rotatable bonds is 12. The number of carboxylic acids is 1. The topological polar surface area (TPSA) is 94.8 Å². The Labute approximate surface area is 150 Å². The molecule has 0 aromatic rings. The number of aliphatic hydroxyl groups excluding tert-OH is 2. The van der Waals surface area contributed by atoms with Crippen LogP contribution < -0.4 is 0 Å². The van der Waals surface area contributed by atoms with E-state index < -0.39 is 18.2 Å². The molecular weight excluding hydrogens is 320 g/mol. The molecule has 1 fully saturated rings. The van der Waals surface area contributed by atoms with E-state index in [-0.39, 0.29) is 30.5 Å². The van der Waals surface area contributed by atoms with Crippen LogP contribution >= 0.6 is 0 Å². The number of ketones is 1. The van der Waals surface area contributed by atoms with Gasteiger partial charge in [0.1, 0.15) is 5.78 Å². The average molecular weight is 352 g/mol. The number of hydrogen-bond acceptors (Lipinski definition) is 4. The van der Waals surface area contributed by atoms with Gasteiger partial charge in [-0.3, -0.25) is 9.59 Å². The Bertz CT molecular complexity index is 469. The van der Waals surface area contributed by atoms with E-state index in [0.29, 0.717) is 25.7 Å². The first-order chi connectivity index (χ1) is 12.0. The van der Waals surface area contributed by atoms with Gasteiger partial charge in [-0.15, -0.1) is 0 Å². The van der Waals surface area contributed by atoms with E-state index in [9.17, 15) is 19.8 Å². The van der Waals surface area contributed by atoms with Crippen LogP contribution in [-0.4, -0.2) is 39.3 Å². The Morgan fingerprint density at radius 2 is 2.04 bits per heavy atom. The fraction of sp³-hybridized carbons (Fsp3) is 0.700. The lowest BCUT2D eigenvalue weighted by atomic mass is 9.90. The quantitative estimate of drug-likeness (QED) is 0.370. The number of unbranched alkanes of at least 4 members (excludes halogenated alkanes) is 3. The minimum Gasteiger partial charge on any atom is -0.481 e. The fourth-order valence-electron chi connectivity index (χ4n) is 3.22. The first kappa shape index (κ1) is 21.6. The van der Waals surface area contributed by atoms with Crippen molar-refractivity contribution in [1.82, 2.24) is 0 Å². The van der Waals surface area contributed by atoms with Gasteiger partial charge in [0.2, 0.25) is 0 Å². The van der Waals surface area contributed by atoms with Crippen molar-refractivity contribution in [3.05, 3.63) is 24.3 Å². The van der Waals surface area contributed by atoms with Crippen LogP contribution in [0.15, 0.2) is 24.3 Å². The van der Waals surface area contributed by atoms with Crippen molar-refractivity contribution in [1.29, 1.82) is 0 Å². The summed E-state index contributed by atoms with van der Waals surface area (Å²) in [5.74, 6) is -1.26. The highest BCUT2D eigenvalue weighted by Crippen LogP contribution is 2.33. The molecule has 25 heavy (non-hydrogen) atoms. The van der Waals surface area contributed by atoms with Gasteiger partial charge in [0.25, 0.3) is 0 Å². The molecule has 1 aliphatic carbocycles. The van der Waals surface area contributed by atoms with Gasteiger partial charge in [-0.1, -0.05) is 50.5 Å². The molecule has 3 N–H and O–H groups in total. The highest BCUT2D eigenvalue weighted by atomic mass is 16.4. The second-order valence-corrected chi connectivity index (χ2v) is 6.86. The third kappa shape index (κ3) is 8.45. The Hall–Kier alpha value is -1.46. The van der Waals surface area contributed by atoms with Crippen LogP contribution in [0.4, 0.5) is 0 Å². The van der Waals surface area contributed by atoms with Crippen LogP contribution in [-0.2, 0) is 9.59 Å². The summed E-state index contributed by atoms with van der Waals surface area (Å²) in [7, 11) is 0. The van der Waals surface area contributed by atoms with E-state index in [4.69, 9.17) is 5.11 Å². The summed E-state index contributed by atoms with van der Waals surface area (Å²) in [4.78, 5) is 22.5. The zero-order valence-corrected chi connectivity index (χ0v) is 15.1. The summed E-state index contributed by atoms with van der Waals surface area (Å²) >= 11 is 0. The Morgan fingerprint density at radius 3 is 2.72 bits per heavy atom. The van der Waals surface area contributed by atoms with Crippen LogP contribution in [0, 0.1) is 11.8 Å². The maximum atomic E-state index is 12.1. The van der Waals surface area contributed by atoms with E-state index >= 15 is 0 Å².